The highest BCUT2D eigenvalue weighted by Gasteiger charge is 2.53. The van der Waals surface area contributed by atoms with Crippen molar-refractivity contribution in [1.82, 2.24) is 9.97 Å². The van der Waals surface area contributed by atoms with Crippen molar-refractivity contribution >= 4 is 34.2 Å². The number of rotatable bonds is 10. The Labute approximate surface area is 362 Å². The second-order valence-electron chi connectivity index (χ2n) is 15.3. The summed E-state index contributed by atoms with van der Waals surface area (Å²) in [7, 11) is 0. The van der Waals surface area contributed by atoms with E-state index in [1.54, 1.807) is 18.3 Å². The summed E-state index contributed by atoms with van der Waals surface area (Å²) in [6.07, 6.45) is 19.9. The predicted molar refractivity (Wildman–Crippen MR) is 254 cm³/mol. The fourth-order valence-electron chi connectivity index (χ4n) is 9.60. The minimum atomic E-state index is -0.663. The molecule has 5 aromatic carbocycles. The molecular weight excluding hydrogens is 757 g/mol. The molecule has 62 heavy (non-hydrogen) atoms. The second-order valence-corrected chi connectivity index (χ2v) is 15.3. The summed E-state index contributed by atoms with van der Waals surface area (Å²) in [5.74, 6) is 0. The molecule has 1 spiro atoms. The van der Waals surface area contributed by atoms with Gasteiger partial charge in [-0.3, -0.25) is 0 Å². The highest BCUT2D eigenvalue weighted by Crippen LogP contribution is 2.65. The van der Waals surface area contributed by atoms with Crippen LogP contribution in [-0.4, -0.2) is 9.97 Å². The molecule has 2 aliphatic rings. The lowest BCUT2D eigenvalue weighted by Crippen LogP contribution is -2.26. The van der Waals surface area contributed by atoms with Crippen LogP contribution in [-0.2, 0) is 11.8 Å². The van der Waals surface area contributed by atoms with Crippen LogP contribution in [0.15, 0.2) is 171 Å². The number of nitriles is 2. The zero-order valence-electron chi connectivity index (χ0n) is 34.3. The molecule has 0 aliphatic heterocycles. The van der Waals surface area contributed by atoms with Gasteiger partial charge < -0.3 is 11.5 Å². The smallest absolute Gasteiger partial charge is 0.141 e. The van der Waals surface area contributed by atoms with Crippen LogP contribution in [0.25, 0.3) is 67.7 Å². The summed E-state index contributed by atoms with van der Waals surface area (Å²) in [5.41, 5.74) is 29.7. The lowest BCUT2D eigenvalue weighted by molar-refractivity contribution is 0.792. The largest absolute Gasteiger partial charge is 0.405 e. The molecule has 0 saturated carbocycles. The Hall–Kier alpha value is -8.32. The molecule has 0 radical (unpaired) electrons. The van der Waals surface area contributed by atoms with Crippen molar-refractivity contribution in [2.75, 3.05) is 0 Å². The monoisotopic (exact) mass is 798 g/mol. The topological polar surface area (TPSA) is 125 Å². The van der Waals surface area contributed by atoms with Crippen LogP contribution in [0.3, 0.4) is 0 Å². The molecule has 0 fully saturated rings. The number of nitrogens with two attached hydrogens (primary N) is 2. The normalized spacial score (nSPS) is 13.7. The van der Waals surface area contributed by atoms with E-state index < -0.39 is 5.41 Å². The van der Waals surface area contributed by atoms with Gasteiger partial charge in [-0.05, 0) is 140 Å². The Kier molecular flexibility index (Phi) is 10.3. The third-order valence-corrected chi connectivity index (χ3v) is 12.1. The summed E-state index contributed by atoms with van der Waals surface area (Å²) in [6.45, 7) is 6.54. The van der Waals surface area contributed by atoms with Gasteiger partial charge in [0.05, 0.1) is 29.3 Å². The van der Waals surface area contributed by atoms with Gasteiger partial charge in [0.1, 0.15) is 11.8 Å². The maximum Gasteiger partial charge on any atom is 0.141 e. The van der Waals surface area contributed by atoms with Gasteiger partial charge in [0.2, 0.25) is 0 Å². The fourth-order valence-corrected chi connectivity index (χ4v) is 9.60. The lowest BCUT2D eigenvalue weighted by Gasteiger charge is -2.31. The third-order valence-electron chi connectivity index (χ3n) is 12.1. The molecule has 0 atom stereocenters. The highest BCUT2D eigenvalue weighted by molar-refractivity contribution is 6.13. The maximum absolute atomic E-state index is 9.41. The van der Waals surface area contributed by atoms with Crippen LogP contribution in [0.5, 0.6) is 0 Å². The first-order valence-electron chi connectivity index (χ1n) is 20.6. The number of allylic oxidation sites excluding steroid dienone is 7. The predicted octanol–water partition coefficient (Wildman–Crippen LogP) is 12.1. The summed E-state index contributed by atoms with van der Waals surface area (Å²) in [4.78, 5) is 9.35. The zero-order chi connectivity index (χ0) is 42.8. The number of benzene rings is 5. The molecule has 7 aromatic rings. The molecule has 6 nitrogen and oxygen atoms in total. The number of aromatic nitrogens is 2. The van der Waals surface area contributed by atoms with Crippen molar-refractivity contribution in [3.05, 3.63) is 227 Å². The molecule has 0 bridgehead atoms. The van der Waals surface area contributed by atoms with Gasteiger partial charge in [0.15, 0.2) is 0 Å². The van der Waals surface area contributed by atoms with Crippen molar-refractivity contribution < 1.29 is 0 Å². The number of pyridine rings is 2. The highest BCUT2D eigenvalue weighted by atomic mass is 14.7. The minimum absolute atomic E-state index is 0.242. The molecule has 2 aliphatic carbocycles. The van der Waals surface area contributed by atoms with E-state index in [0.29, 0.717) is 17.8 Å². The van der Waals surface area contributed by atoms with Crippen LogP contribution in [0.1, 0.15) is 69.2 Å². The van der Waals surface area contributed by atoms with Crippen LogP contribution in [0.4, 0.5) is 0 Å². The summed E-state index contributed by atoms with van der Waals surface area (Å²) in [5, 5.41) is 21.0. The number of fused-ring (bicyclic) bond motifs is 12. The van der Waals surface area contributed by atoms with Crippen molar-refractivity contribution in [2.45, 2.75) is 25.2 Å². The first-order chi connectivity index (χ1) is 30.5. The first kappa shape index (κ1) is 39.2. The van der Waals surface area contributed by atoms with Crippen LogP contribution < -0.4 is 11.5 Å². The molecular formula is C56H42N6. The van der Waals surface area contributed by atoms with E-state index in [-0.39, 0.29) is 6.42 Å². The molecule has 0 amide bonds. The van der Waals surface area contributed by atoms with Gasteiger partial charge in [0.25, 0.3) is 0 Å². The van der Waals surface area contributed by atoms with E-state index in [1.165, 1.54) is 50.7 Å². The van der Waals surface area contributed by atoms with E-state index in [9.17, 15) is 10.5 Å². The Morgan fingerprint density at radius 1 is 0.790 bits per heavy atom. The van der Waals surface area contributed by atoms with E-state index in [4.69, 9.17) is 16.5 Å². The van der Waals surface area contributed by atoms with Gasteiger partial charge in [-0.2, -0.15) is 10.5 Å². The van der Waals surface area contributed by atoms with Crippen molar-refractivity contribution in [3.63, 3.8) is 0 Å². The Morgan fingerprint density at radius 3 is 2.23 bits per heavy atom. The van der Waals surface area contributed by atoms with Crippen LogP contribution in [0, 0.1) is 22.7 Å². The zero-order valence-corrected chi connectivity index (χ0v) is 34.3. The van der Waals surface area contributed by atoms with Gasteiger partial charge in [-0.1, -0.05) is 128 Å². The first-order valence-corrected chi connectivity index (χ1v) is 20.6. The van der Waals surface area contributed by atoms with Crippen LogP contribution >= 0.6 is 0 Å². The van der Waals surface area contributed by atoms with E-state index in [2.05, 4.69) is 140 Å². The summed E-state index contributed by atoms with van der Waals surface area (Å²) < 4.78 is 0. The average Bonchev–Trinajstić information content (AvgIpc) is 3.78. The van der Waals surface area contributed by atoms with Crippen LogP contribution in [0.2, 0.25) is 0 Å². The molecule has 296 valence electrons. The lowest BCUT2D eigenvalue weighted by atomic mass is 9.69. The van der Waals surface area contributed by atoms with E-state index >= 15 is 0 Å². The number of hydrogen-bond donors (Lipinski definition) is 2. The third kappa shape index (κ3) is 6.25. The molecule has 0 unspecified atom stereocenters. The standard InChI is InChI=1S/C56H42N6/c1-3-15-41-37(16-5-12-24-51(60)38-28-31-61-39(32-38)35-59)33-49-54(40(41)4-2)55-45-21-7-6-18-42(45)46(53-26-13-25-52(62-53)36(27-30-58)17-14-29-57)34-50(55)56(49)47-22-10-8-19-43(47)44-20-9-11-23-48(44)56/h3-13,15,17-28,30-34H,2,14,16,58,60H2,1H3/b12-5-,15-3-,30-27-,36-17+,51-24-. The van der Waals surface area contributed by atoms with E-state index in [1.807, 2.05) is 42.5 Å². The maximum atomic E-state index is 9.41. The van der Waals surface area contributed by atoms with E-state index in [0.717, 1.165) is 55.6 Å². The molecule has 2 aromatic heterocycles. The second kappa shape index (κ2) is 16.4. The molecule has 6 heteroatoms. The number of nitrogens with zero attached hydrogens (tertiary/aromatic N) is 4. The Bertz CT molecular complexity index is 3170. The Balaban J connectivity index is 1.33. The van der Waals surface area contributed by atoms with Crippen molar-refractivity contribution in [1.29, 1.82) is 10.5 Å². The number of hydrogen-bond acceptors (Lipinski definition) is 6. The quantitative estimate of drug-likeness (QED) is 0.133. The molecule has 0 saturated heterocycles. The Morgan fingerprint density at radius 2 is 1.52 bits per heavy atom. The van der Waals surface area contributed by atoms with Gasteiger partial charge in [-0.15, -0.1) is 0 Å². The van der Waals surface area contributed by atoms with Gasteiger partial charge in [-0.25, -0.2) is 9.97 Å². The average molecular weight is 799 g/mol. The minimum Gasteiger partial charge on any atom is -0.405 e. The SMILES string of the molecule is C=Cc1c(/C=C\C)c(C/C=C\C=C(/N)c2ccnc(C#N)c2)cc2c1-c1c(cc(-c3cccc(C(/C=C\N)=C/CC#N)n3)c3ccccc13)C21c2ccccc2-c2ccccc21. The van der Waals surface area contributed by atoms with Crippen molar-refractivity contribution in [2.24, 2.45) is 11.5 Å². The van der Waals surface area contributed by atoms with Gasteiger partial charge in [0, 0.05) is 23.0 Å². The summed E-state index contributed by atoms with van der Waals surface area (Å²) >= 11 is 0. The molecule has 4 N–H and O–H groups in total. The molecule has 9 rings (SSSR count). The molecule has 2 heterocycles. The summed E-state index contributed by atoms with van der Waals surface area (Å²) in [6, 6.07) is 45.0. The fraction of sp³-hybridized carbons (Fsp3) is 0.0714. The van der Waals surface area contributed by atoms with Gasteiger partial charge >= 0.3 is 0 Å². The van der Waals surface area contributed by atoms with Crippen molar-refractivity contribution in [3.8, 4) is 45.6 Å².